The van der Waals surface area contributed by atoms with Crippen LogP contribution in [-0.2, 0) is 0 Å². The van der Waals surface area contributed by atoms with Crippen molar-refractivity contribution in [1.29, 1.82) is 0 Å². The molecule has 0 spiro atoms. The Morgan fingerprint density at radius 3 is 2.33 bits per heavy atom. The first kappa shape index (κ1) is 15.5. The van der Waals surface area contributed by atoms with Crippen molar-refractivity contribution < 1.29 is 9.84 Å². The Bertz CT molecular complexity index is 359. The zero-order chi connectivity index (χ0) is 13.8. The van der Waals surface area contributed by atoms with E-state index in [-0.39, 0.29) is 18.2 Å². The van der Waals surface area contributed by atoms with Crippen LogP contribution in [0.25, 0.3) is 0 Å². The van der Waals surface area contributed by atoms with Crippen molar-refractivity contribution in [3.63, 3.8) is 0 Å². The number of aliphatic hydroxyl groups is 1. The minimum atomic E-state index is -0.534. The molecular formula is C14H22BrNO2. The first-order valence-electron chi connectivity index (χ1n) is 6.12. The summed E-state index contributed by atoms with van der Waals surface area (Å²) in [5.74, 6) is 0.764. The van der Waals surface area contributed by atoms with Crippen molar-refractivity contribution in [3.8, 4) is 5.75 Å². The fourth-order valence-corrected chi connectivity index (χ4v) is 1.90. The number of hydrogen-bond donors (Lipinski definition) is 2. The van der Waals surface area contributed by atoms with E-state index in [1.807, 2.05) is 31.2 Å². The number of nitrogens with one attached hydrogen (secondary N) is 1. The van der Waals surface area contributed by atoms with Crippen molar-refractivity contribution in [3.05, 3.63) is 28.7 Å². The Morgan fingerprint density at radius 1 is 1.28 bits per heavy atom. The van der Waals surface area contributed by atoms with Gasteiger partial charge in [0.1, 0.15) is 18.5 Å². The van der Waals surface area contributed by atoms with Gasteiger partial charge >= 0.3 is 0 Å². The highest BCUT2D eigenvalue weighted by molar-refractivity contribution is 9.10. The van der Waals surface area contributed by atoms with Gasteiger partial charge < -0.3 is 15.2 Å². The van der Waals surface area contributed by atoms with E-state index in [4.69, 9.17) is 4.74 Å². The quantitative estimate of drug-likeness (QED) is 0.877. The lowest BCUT2D eigenvalue weighted by atomic mass is 10.1. The summed E-state index contributed by atoms with van der Waals surface area (Å²) in [6, 6.07) is 7.56. The van der Waals surface area contributed by atoms with Gasteiger partial charge in [0.2, 0.25) is 0 Å². The van der Waals surface area contributed by atoms with E-state index in [1.165, 1.54) is 0 Å². The number of aliphatic hydroxyl groups excluding tert-OH is 1. The summed E-state index contributed by atoms with van der Waals surface area (Å²) in [5, 5.41) is 13.3. The van der Waals surface area contributed by atoms with Crippen LogP contribution >= 0.6 is 15.9 Å². The van der Waals surface area contributed by atoms with Crippen LogP contribution in [0.5, 0.6) is 5.75 Å². The molecule has 0 aliphatic heterocycles. The van der Waals surface area contributed by atoms with Crippen molar-refractivity contribution in [2.45, 2.75) is 45.4 Å². The first-order valence-corrected chi connectivity index (χ1v) is 6.91. The van der Waals surface area contributed by atoms with Gasteiger partial charge in [0.25, 0.3) is 0 Å². The molecule has 0 saturated heterocycles. The fourth-order valence-electron chi connectivity index (χ4n) is 1.64. The predicted octanol–water partition coefficient (Wildman–Crippen LogP) is 2.97. The number of rotatable bonds is 5. The Labute approximate surface area is 118 Å². The molecule has 0 unspecified atom stereocenters. The molecule has 1 aromatic rings. The number of ether oxygens (including phenoxy) is 1. The van der Waals surface area contributed by atoms with Crippen LogP contribution in [0.3, 0.4) is 0 Å². The standard InChI is InChI=1S/C14H22BrNO2/c1-10(16-14(2,3)4)13(17)9-18-12-7-5-11(15)6-8-12/h5-8,10,13,16-17H,9H2,1-4H3/t10-,13+/m0/s1. The Kier molecular flexibility index (Phi) is 5.63. The smallest absolute Gasteiger partial charge is 0.119 e. The molecule has 102 valence electrons. The van der Waals surface area contributed by atoms with Crippen LogP contribution < -0.4 is 10.1 Å². The molecule has 0 saturated carbocycles. The monoisotopic (exact) mass is 315 g/mol. The molecule has 1 rings (SSSR count). The Morgan fingerprint density at radius 2 is 1.83 bits per heavy atom. The van der Waals surface area contributed by atoms with Crippen LogP contribution in [0.1, 0.15) is 27.7 Å². The summed E-state index contributed by atoms with van der Waals surface area (Å²) in [6.07, 6.45) is -0.534. The van der Waals surface area contributed by atoms with E-state index in [1.54, 1.807) is 0 Å². The lowest BCUT2D eigenvalue weighted by molar-refractivity contribution is 0.0698. The molecule has 0 fully saturated rings. The average Bonchev–Trinajstić information content (AvgIpc) is 2.25. The highest BCUT2D eigenvalue weighted by Gasteiger charge is 2.20. The van der Waals surface area contributed by atoms with Crippen molar-refractivity contribution >= 4 is 15.9 Å². The second-order valence-electron chi connectivity index (χ2n) is 5.52. The highest BCUT2D eigenvalue weighted by Crippen LogP contribution is 2.16. The van der Waals surface area contributed by atoms with Gasteiger partial charge in [0.05, 0.1) is 0 Å². The molecule has 0 aliphatic rings. The molecule has 2 atom stereocenters. The third kappa shape index (κ3) is 5.85. The molecular weight excluding hydrogens is 294 g/mol. The van der Waals surface area contributed by atoms with Crippen LogP contribution in [0.4, 0.5) is 0 Å². The SMILES string of the molecule is C[C@H](NC(C)(C)C)[C@H](O)COc1ccc(Br)cc1. The fraction of sp³-hybridized carbons (Fsp3) is 0.571. The third-order valence-electron chi connectivity index (χ3n) is 2.47. The molecule has 2 N–H and O–H groups in total. The maximum absolute atomic E-state index is 10.0. The van der Waals surface area contributed by atoms with E-state index < -0.39 is 6.10 Å². The van der Waals surface area contributed by atoms with Gasteiger partial charge in [-0.1, -0.05) is 15.9 Å². The zero-order valence-electron chi connectivity index (χ0n) is 11.4. The summed E-state index contributed by atoms with van der Waals surface area (Å²) in [6.45, 7) is 8.47. The van der Waals surface area contributed by atoms with Gasteiger partial charge in [-0.3, -0.25) is 0 Å². The van der Waals surface area contributed by atoms with Gasteiger partial charge in [0, 0.05) is 16.1 Å². The van der Waals surface area contributed by atoms with E-state index in [9.17, 15) is 5.11 Å². The second-order valence-corrected chi connectivity index (χ2v) is 6.43. The molecule has 0 bridgehead atoms. The van der Waals surface area contributed by atoms with E-state index in [2.05, 4.69) is 42.0 Å². The number of benzene rings is 1. The van der Waals surface area contributed by atoms with Gasteiger partial charge in [-0.25, -0.2) is 0 Å². The highest BCUT2D eigenvalue weighted by atomic mass is 79.9. The summed E-state index contributed by atoms with van der Waals surface area (Å²) in [7, 11) is 0. The minimum absolute atomic E-state index is 0.0135. The topological polar surface area (TPSA) is 41.5 Å². The van der Waals surface area contributed by atoms with E-state index >= 15 is 0 Å². The van der Waals surface area contributed by atoms with Gasteiger partial charge in [-0.2, -0.15) is 0 Å². The number of halogens is 1. The van der Waals surface area contributed by atoms with Crippen LogP contribution in [-0.4, -0.2) is 29.4 Å². The van der Waals surface area contributed by atoms with Gasteiger partial charge in [-0.05, 0) is 52.0 Å². The summed E-state index contributed by atoms with van der Waals surface area (Å²) in [4.78, 5) is 0. The molecule has 3 nitrogen and oxygen atoms in total. The summed E-state index contributed by atoms with van der Waals surface area (Å²) >= 11 is 3.37. The third-order valence-corrected chi connectivity index (χ3v) is 3.00. The molecule has 4 heteroatoms. The average molecular weight is 316 g/mol. The predicted molar refractivity (Wildman–Crippen MR) is 78.0 cm³/mol. The Hall–Kier alpha value is -0.580. The van der Waals surface area contributed by atoms with Crippen LogP contribution in [0, 0.1) is 0 Å². The molecule has 0 aliphatic carbocycles. The molecule has 0 aromatic heterocycles. The second kappa shape index (κ2) is 6.55. The van der Waals surface area contributed by atoms with Gasteiger partial charge in [0.15, 0.2) is 0 Å². The molecule has 0 amide bonds. The van der Waals surface area contributed by atoms with Crippen molar-refractivity contribution in [2.75, 3.05) is 6.61 Å². The lowest BCUT2D eigenvalue weighted by Crippen LogP contribution is -2.49. The maximum Gasteiger partial charge on any atom is 0.119 e. The summed E-state index contributed by atoms with van der Waals surface area (Å²) < 4.78 is 6.56. The maximum atomic E-state index is 10.0. The number of hydrogen-bond acceptors (Lipinski definition) is 3. The summed E-state index contributed by atoms with van der Waals surface area (Å²) in [5.41, 5.74) is -0.0159. The first-order chi connectivity index (χ1) is 8.28. The van der Waals surface area contributed by atoms with Gasteiger partial charge in [-0.15, -0.1) is 0 Å². The molecule has 0 radical (unpaired) electrons. The zero-order valence-corrected chi connectivity index (χ0v) is 13.0. The normalized spacial score (nSPS) is 15.2. The molecule has 0 heterocycles. The molecule has 1 aromatic carbocycles. The largest absolute Gasteiger partial charge is 0.491 e. The van der Waals surface area contributed by atoms with E-state index in [0.29, 0.717) is 0 Å². The Balaban J connectivity index is 2.41. The van der Waals surface area contributed by atoms with Crippen molar-refractivity contribution in [2.24, 2.45) is 0 Å². The van der Waals surface area contributed by atoms with E-state index in [0.717, 1.165) is 10.2 Å². The lowest BCUT2D eigenvalue weighted by Gasteiger charge is -2.29. The molecule has 18 heavy (non-hydrogen) atoms. The van der Waals surface area contributed by atoms with Crippen LogP contribution in [0.15, 0.2) is 28.7 Å². The minimum Gasteiger partial charge on any atom is -0.491 e. The van der Waals surface area contributed by atoms with Crippen LogP contribution in [0.2, 0.25) is 0 Å². The van der Waals surface area contributed by atoms with Crippen molar-refractivity contribution in [1.82, 2.24) is 5.32 Å².